The predicted molar refractivity (Wildman–Crippen MR) is 85.2 cm³/mol. The van der Waals surface area contributed by atoms with Crippen LogP contribution in [0.4, 0.5) is 4.79 Å². The van der Waals surface area contributed by atoms with Gasteiger partial charge in [-0.05, 0) is 18.4 Å². The number of nitrogens with zero attached hydrogens (tertiary/aromatic N) is 1. The molecule has 0 aromatic heterocycles. The fraction of sp³-hybridized carbons (Fsp3) is 0.375. The van der Waals surface area contributed by atoms with Crippen LogP contribution in [-0.2, 0) is 20.9 Å². The fourth-order valence-corrected chi connectivity index (χ4v) is 1.84. The van der Waals surface area contributed by atoms with E-state index in [1.54, 1.807) is 12.1 Å². The number of nitriles is 1. The molecule has 0 unspecified atom stereocenters. The molecule has 3 amide bonds. The van der Waals surface area contributed by atoms with E-state index in [2.05, 4.69) is 10.6 Å². The molecule has 1 aromatic rings. The van der Waals surface area contributed by atoms with Gasteiger partial charge in [0.25, 0.3) is 0 Å². The van der Waals surface area contributed by atoms with Gasteiger partial charge in [-0.25, -0.2) is 4.79 Å². The van der Waals surface area contributed by atoms with Gasteiger partial charge in [0.2, 0.25) is 11.8 Å². The van der Waals surface area contributed by atoms with Crippen LogP contribution in [0, 0.1) is 11.3 Å². The molecule has 128 valence electrons. The maximum absolute atomic E-state index is 11.7. The maximum atomic E-state index is 11.7. The number of primary amides is 1. The first-order valence-electron chi connectivity index (χ1n) is 7.43. The number of nitrogens with one attached hydrogen (secondary N) is 2. The standard InChI is InChI=1S/C16H20N4O4/c17-9-5-4-8-13(15(18)22)20-14(21)10-19-16(23)24-11-12-6-2-1-3-7-12/h1-3,6-7,13H,4-5,8,10-11H2,(H2,18,22)(H,19,23)(H,20,21)/t13-/m1/s1. The molecule has 0 bridgehead atoms. The van der Waals surface area contributed by atoms with Gasteiger partial charge in [-0.1, -0.05) is 30.3 Å². The molecule has 24 heavy (non-hydrogen) atoms. The minimum Gasteiger partial charge on any atom is -0.445 e. The molecule has 1 atom stereocenters. The van der Waals surface area contributed by atoms with Gasteiger partial charge in [-0.3, -0.25) is 9.59 Å². The summed E-state index contributed by atoms with van der Waals surface area (Å²) in [6.07, 6.45) is 0.238. The van der Waals surface area contributed by atoms with Crippen molar-refractivity contribution in [1.29, 1.82) is 5.26 Å². The monoisotopic (exact) mass is 332 g/mol. The first kappa shape index (κ1) is 19.0. The second kappa shape index (κ2) is 10.6. The largest absolute Gasteiger partial charge is 0.445 e. The number of hydrogen-bond donors (Lipinski definition) is 3. The van der Waals surface area contributed by atoms with Crippen molar-refractivity contribution < 1.29 is 19.1 Å². The number of ether oxygens (including phenoxy) is 1. The molecule has 0 aliphatic heterocycles. The highest BCUT2D eigenvalue weighted by atomic mass is 16.5. The Balaban J connectivity index is 2.29. The number of amides is 3. The van der Waals surface area contributed by atoms with E-state index in [0.717, 1.165) is 5.56 Å². The molecule has 0 spiro atoms. The van der Waals surface area contributed by atoms with Crippen LogP contribution in [0.1, 0.15) is 24.8 Å². The molecular formula is C16H20N4O4. The van der Waals surface area contributed by atoms with Crippen molar-refractivity contribution in [3.63, 3.8) is 0 Å². The minimum absolute atomic E-state index is 0.0896. The van der Waals surface area contributed by atoms with E-state index < -0.39 is 23.9 Å². The van der Waals surface area contributed by atoms with E-state index in [-0.39, 0.29) is 26.0 Å². The molecule has 1 rings (SSSR count). The zero-order valence-electron chi connectivity index (χ0n) is 13.2. The van der Waals surface area contributed by atoms with Gasteiger partial charge in [0.15, 0.2) is 0 Å². The van der Waals surface area contributed by atoms with Crippen molar-refractivity contribution in [1.82, 2.24) is 10.6 Å². The van der Waals surface area contributed by atoms with E-state index in [4.69, 9.17) is 15.7 Å². The van der Waals surface area contributed by atoms with Crippen LogP contribution in [-0.4, -0.2) is 30.5 Å². The van der Waals surface area contributed by atoms with Crippen molar-refractivity contribution in [2.24, 2.45) is 5.73 Å². The molecule has 0 aliphatic rings. The Kier molecular flexibility index (Phi) is 8.39. The third kappa shape index (κ3) is 7.79. The molecule has 8 heteroatoms. The average molecular weight is 332 g/mol. The number of alkyl carbamates (subject to hydrolysis) is 1. The summed E-state index contributed by atoms with van der Waals surface area (Å²) in [6, 6.07) is 10.2. The minimum atomic E-state index is -0.868. The van der Waals surface area contributed by atoms with Crippen LogP contribution < -0.4 is 16.4 Å². The van der Waals surface area contributed by atoms with Crippen molar-refractivity contribution in [2.75, 3.05) is 6.54 Å². The lowest BCUT2D eigenvalue weighted by molar-refractivity contribution is -0.127. The lowest BCUT2D eigenvalue weighted by atomic mass is 10.1. The van der Waals surface area contributed by atoms with Gasteiger partial charge in [0.1, 0.15) is 19.2 Å². The summed E-state index contributed by atoms with van der Waals surface area (Å²) in [5.41, 5.74) is 6.01. The summed E-state index contributed by atoms with van der Waals surface area (Å²) in [7, 11) is 0. The first-order chi connectivity index (χ1) is 11.5. The third-order valence-corrected chi connectivity index (χ3v) is 3.07. The Labute approximate surface area is 140 Å². The fourth-order valence-electron chi connectivity index (χ4n) is 1.84. The SMILES string of the molecule is N#CCCC[C@@H](NC(=O)CNC(=O)OCc1ccccc1)C(N)=O. The smallest absolute Gasteiger partial charge is 0.407 e. The summed E-state index contributed by atoms with van der Waals surface area (Å²) in [5, 5.41) is 13.2. The summed E-state index contributed by atoms with van der Waals surface area (Å²) >= 11 is 0. The Morgan fingerprint density at radius 3 is 2.58 bits per heavy atom. The summed E-state index contributed by atoms with van der Waals surface area (Å²) < 4.78 is 4.95. The third-order valence-electron chi connectivity index (χ3n) is 3.07. The van der Waals surface area contributed by atoms with Crippen molar-refractivity contribution in [3.8, 4) is 6.07 Å². The molecule has 8 nitrogen and oxygen atoms in total. The lowest BCUT2D eigenvalue weighted by Crippen LogP contribution is -2.47. The van der Waals surface area contributed by atoms with Gasteiger partial charge >= 0.3 is 6.09 Å². The average Bonchev–Trinajstić information content (AvgIpc) is 2.58. The molecule has 0 saturated heterocycles. The lowest BCUT2D eigenvalue weighted by Gasteiger charge is -2.15. The number of hydrogen-bond acceptors (Lipinski definition) is 5. The topological polar surface area (TPSA) is 134 Å². The van der Waals surface area contributed by atoms with E-state index in [0.29, 0.717) is 6.42 Å². The van der Waals surface area contributed by atoms with Crippen molar-refractivity contribution >= 4 is 17.9 Å². The zero-order valence-corrected chi connectivity index (χ0v) is 13.2. The number of benzene rings is 1. The summed E-state index contributed by atoms with van der Waals surface area (Å²) in [4.78, 5) is 34.5. The highest BCUT2D eigenvalue weighted by Gasteiger charge is 2.18. The number of rotatable bonds is 9. The maximum Gasteiger partial charge on any atom is 0.407 e. The van der Waals surface area contributed by atoms with Crippen LogP contribution in [0.25, 0.3) is 0 Å². The Morgan fingerprint density at radius 2 is 1.96 bits per heavy atom. The molecule has 0 saturated carbocycles. The van der Waals surface area contributed by atoms with Crippen molar-refractivity contribution in [2.45, 2.75) is 31.9 Å². The van der Waals surface area contributed by atoms with Gasteiger partial charge in [-0.15, -0.1) is 0 Å². The first-order valence-corrected chi connectivity index (χ1v) is 7.43. The Morgan fingerprint density at radius 1 is 1.25 bits per heavy atom. The zero-order chi connectivity index (χ0) is 17.8. The molecule has 0 aliphatic carbocycles. The molecule has 0 radical (unpaired) electrons. The van der Waals surface area contributed by atoms with E-state index >= 15 is 0 Å². The van der Waals surface area contributed by atoms with E-state index in [9.17, 15) is 14.4 Å². The van der Waals surface area contributed by atoms with E-state index in [1.807, 2.05) is 24.3 Å². The van der Waals surface area contributed by atoms with Crippen molar-refractivity contribution in [3.05, 3.63) is 35.9 Å². The van der Waals surface area contributed by atoms with Gasteiger partial charge < -0.3 is 21.1 Å². The summed E-state index contributed by atoms with van der Waals surface area (Å²) in [6.45, 7) is -0.248. The van der Waals surface area contributed by atoms with Gasteiger partial charge in [0.05, 0.1) is 6.07 Å². The van der Waals surface area contributed by atoms with E-state index in [1.165, 1.54) is 0 Å². The molecule has 1 aromatic carbocycles. The van der Waals surface area contributed by atoms with Crippen LogP contribution in [0.5, 0.6) is 0 Å². The highest BCUT2D eigenvalue weighted by molar-refractivity contribution is 5.88. The highest BCUT2D eigenvalue weighted by Crippen LogP contribution is 2.01. The normalized spacial score (nSPS) is 11.0. The van der Waals surface area contributed by atoms with Crippen LogP contribution in [0.15, 0.2) is 30.3 Å². The second-order valence-corrected chi connectivity index (χ2v) is 4.99. The number of nitrogens with two attached hydrogens (primary N) is 1. The number of carbonyl (C=O) groups is 3. The number of unbranched alkanes of at least 4 members (excludes halogenated alkanes) is 1. The van der Waals surface area contributed by atoms with Crippen LogP contribution >= 0.6 is 0 Å². The Hall–Kier alpha value is -3.08. The molecule has 0 fully saturated rings. The quantitative estimate of drug-likeness (QED) is 0.568. The second-order valence-electron chi connectivity index (χ2n) is 4.99. The number of carbonyl (C=O) groups excluding carboxylic acids is 3. The van der Waals surface area contributed by atoms with Gasteiger partial charge in [-0.2, -0.15) is 5.26 Å². The molecule has 4 N–H and O–H groups in total. The molecular weight excluding hydrogens is 312 g/mol. The van der Waals surface area contributed by atoms with Gasteiger partial charge in [0, 0.05) is 6.42 Å². The summed E-state index contributed by atoms with van der Waals surface area (Å²) in [5.74, 6) is -1.25. The predicted octanol–water partition coefficient (Wildman–Crippen LogP) is 0.577. The Bertz CT molecular complexity index is 598. The van der Waals surface area contributed by atoms with Crippen LogP contribution in [0.3, 0.4) is 0 Å². The van der Waals surface area contributed by atoms with Crippen LogP contribution in [0.2, 0.25) is 0 Å². The molecule has 0 heterocycles.